The molecule has 3 rings (SSSR count). The lowest BCUT2D eigenvalue weighted by atomic mass is 10.1. The van der Waals surface area contributed by atoms with Crippen LogP contribution in [0.4, 0.5) is 5.69 Å². The van der Waals surface area contributed by atoms with Crippen LogP contribution in [0.25, 0.3) is 11.3 Å². The van der Waals surface area contributed by atoms with E-state index in [2.05, 4.69) is 31.2 Å². The predicted molar refractivity (Wildman–Crippen MR) is 107 cm³/mol. The normalized spacial score (nSPS) is 11.7. The van der Waals surface area contributed by atoms with Crippen molar-refractivity contribution in [1.29, 1.82) is 0 Å². The molecule has 0 saturated carbocycles. The van der Waals surface area contributed by atoms with Crippen molar-refractivity contribution in [2.24, 2.45) is 0 Å². The van der Waals surface area contributed by atoms with E-state index in [0.717, 1.165) is 15.7 Å². The van der Waals surface area contributed by atoms with Crippen molar-refractivity contribution in [1.82, 2.24) is 15.3 Å². The van der Waals surface area contributed by atoms with E-state index >= 15 is 0 Å². The molecule has 1 aromatic heterocycles. The highest BCUT2D eigenvalue weighted by Crippen LogP contribution is 2.28. The number of carbonyl (C=O) groups excluding carboxylic acids is 1. The van der Waals surface area contributed by atoms with Gasteiger partial charge in [0, 0.05) is 16.1 Å². The Kier molecular flexibility index (Phi) is 5.74. The number of H-pyrrole nitrogens is 1. The van der Waals surface area contributed by atoms with Crippen LogP contribution in [0, 0.1) is 10.1 Å². The third-order valence-corrected chi connectivity index (χ3v) is 4.67. The molecule has 0 aliphatic rings. The Labute approximate surface area is 169 Å². The molecule has 144 valence electrons. The van der Waals surface area contributed by atoms with Gasteiger partial charge >= 0.3 is 5.69 Å². The number of ether oxygens (including phenoxy) is 1. The van der Waals surface area contributed by atoms with Gasteiger partial charge in [0.1, 0.15) is 5.82 Å². The van der Waals surface area contributed by atoms with Gasteiger partial charge in [-0.2, -0.15) is 0 Å². The molecule has 0 spiro atoms. The highest BCUT2D eigenvalue weighted by Gasteiger charge is 2.20. The second kappa shape index (κ2) is 8.22. The third kappa shape index (κ3) is 4.20. The molecule has 0 radical (unpaired) electrons. The highest BCUT2D eigenvalue weighted by molar-refractivity contribution is 9.10. The molecule has 2 aromatic carbocycles. The molecule has 0 bridgehead atoms. The Morgan fingerprint density at radius 1 is 1.29 bits per heavy atom. The first-order valence-corrected chi connectivity index (χ1v) is 9.12. The van der Waals surface area contributed by atoms with Crippen molar-refractivity contribution in [3.63, 3.8) is 0 Å². The summed E-state index contributed by atoms with van der Waals surface area (Å²) in [5, 5.41) is 13.9. The summed E-state index contributed by atoms with van der Waals surface area (Å²) in [5.41, 5.74) is 1.69. The maximum atomic E-state index is 12.5. The zero-order valence-corrected chi connectivity index (χ0v) is 16.7. The number of benzene rings is 2. The predicted octanol–water partition coefficient (Wildman–Crippen LogP) is 4.25. The monoisotopic (exact) mass is 444 g/mol. The van der Waals surface area contributed by atoms with Crippen LogP contribution in [0.5, 0.6) is 5.75 Å². The Morgan fingerprint density at radius 3 is 2.64 bits per heavy atom. The van der Waals surface area contributed by atoms with Gasteiger partial charge in [-0.1, -0.05) is 28.1 Å². The van der Waals surface area contributed by atoms with E-state index in [1.165, 1.54) is 25.3 Å². The number of amides is 1. The van der Waals surface area contributed by atoms with Crippen molar-refractivity contribution in [3.05, 3.63) is 74.6 Å². The first kappa shape index (κ1) is 19.6. The van der Waals surface area contributed by atoms with Crippen LogP contribution >= 0.6 is 15.9 Å². The number of carbonyl (C=O) groups is 1. The number of imidazole rings is 1. The molecular formula is C19H17BrN4O4. The fourth-order valence-electron chi connectivity index (χ4n) is 2.66. The van der Waals surface area contributed by atoms with Gasteiger partial charge in [-0.3, -0.25) is 14.9 Å². The molecule has 8 nitrogen and oxygen atoms in total. The van der Waals surface area contributed by atoms with E-state index < -0.39 is 16.9 Å². The van der Waals surface area contributed by atoms with Crippen LogP contribution in [0.2, 0.25) is 0 Å². The van der Waals surface area contributed by atoms with Crippen molar-refractivity contribution >= 4 is 27.5 Å². The number of rotatable bonds is 6. The van der Waals surface area contributed by atoms with Gasteiger partial charge in [0.25, 0.3) is 5.91 Å². The second-order valence-corrected chi connectivity index (χ2v) is 6.94. The maximum Gasteiger partial charge on any atom is 0.311 e. The van der Waals surface area contributed by atoms with Crippen LogP contribution in [-0.4, -0.2) is 27.9 Å². The smallest absolute Gasteiger partial charge is 0.311 e. The number of hydrogen-bond donors (Lipinski definition) is 2. The first-order valence-electron chi connectivity index (χ1n) is 8.33. The highest BCUT2D eigenvalue weighted by atomic mass is 79.9. The van der Waals surface area contributed by atoms with Crippen molar-refractivity contribution in [2.75, 3.05) is 7.11 Å². The Bertz CT molecular complexity index is 1020. The third-order valence-electron chi connectivity index (χ3n) is 4.15. The van der Waals surface area contributed by atoms with Crippen LogP contribution in [0.3, 0.4) is 0 Å². The first-order chi connectivity index (χ1) is 13.4. The molecule has 2 N–H and O–H groups in total. The summed E-state index contributed by atoms with van der Waals surface area (Å²) in [6.07, 6.45) is 1.69. The average Bonchev–Trinajstić information content (AvgIpc) is 3.18. The van der Waals surface area contributed by atoms with Crippen molar-refractivity contribution < 1.29 is 14.5 Å². The zero-order valence-electron chi connectivity index (χ0n) is 15.1. The molecule has 9 heteroatoms. The van der Waals surface area contributed by atoms with Gasteiger partial charge in [0.05, 0.1) is 30.0 Å². The lowest BCUT2D eigenvalue weighted by molar-refractivity contribution is -0.385. The lowest BCUT2D eigenvalue weighted by Crippen LogP contribution is -2.27. The molecule has 0 fully saturated rings. The van der Waals surface area contributed by atoms with Crippen LogP contribution < -0.4 is 10.1 Å². The molecule has 28 heavy (non-hydrogen) atoms. The number of nitrogens with zero attached hydrogens (tertiary/aromatic N) is 2. The fourth-order valence-corrected chi connectivity index (χ4v) is 2.92. The summed E-state index contributed by atoms with van der Waals surface area (Å²) in [6.45, 7) is 1.78. The molecule has 1 heterocycles. The average molecular weight is 445 g/mol. The molecular weight excluding hydrogens is 428 g/mol. The van der Waals surface area contributed by atoms with E-state index in [1.54, 1.807) is 13.1 Å². The topological polar surface area (TPSA) is 110 Å². The number of nitro groups is 1. The minimum absolute atomic E-state index is 0.0970. The number of hydrogen-bond acceptors (Lipinski definition) is 5. The van der Waals surface area contributed by atoms with Gasteiger partial charge in [-0.05, 0) is 36.8 Å². The minimum Gasteiger partial charge on any atom is -0.490 e. The van der Waals surface area contributed by atoms with Gasteiger partial charge in [-0.25, -0.2) is 4.98 Å². The summed E-state index contributed by atoms with van der Waals surface area (Å²) in [5.74, 6) is 0.230. The molecule has 0 saturated heterocycles. The van der Waals surface area contributed by atoms with E-state index in [4.69, 9.17) is 4.74 Å². The van der Waals surface area contributed by atoms with Crippen LogP contribution in [0.15, 0.2) is 53.1 Å². The molecule has 1 atom stereocenters. The number of halogens is 1. The Balaban J connectivity index is 1.75. The van der Waals surface area contributed by atoms with E-state index in [1.807, 2.05) is 24.3 Å². The summed E-state index contributed by atoms with van der Waals surface area (Å²) in [7, 11) is 1.34. The van der Waals surface area contributed by atoms with E-state index in [9.17, 15) is 14.9 Å². The SMILES string of the molecule is COc1ccc(C(=O)N[C@H](C)c2ncc(-c3ccc(Br)cc3)[nH]2)cc1[N+](=O)[O-]. The van der Waals surface area contributed by atoms with Gasteiger partial charge < -0.3 is 15.0 Å². The minimum atomic E-state index is -0.587. The zero-order chi connectivity index (χ0) is 20.3. The number of nitro benzene ring substituents is 1. The van der Waals surface area contributed by atoms with E-state index in [0.29, 0.717) is 5.82 Å². The van der Waals surface area contributed by atoms with Crippen LogP contribution in [0.1, 0.15) is 29.1 Å². The Morgan fingerprint density at radius 2 is 2.00 bits per heavy atom. The molecule has 0 unspecified atom stereocenters. The summed E-state index contributed by atoms with van der Waals surface area (Å²) in [6, 6.07) is 11.4. The number of methoxy groups -OCH3 is 1. The van der Waals surface area contributed by atoms with Crippen molar-refractivity contribution in [3.8, 4) is 17.0 Å². The molecule has 0 aliphatic heterocycles. The quantitative estimate of drug-likeness (QED) is 0.436. The van der Waals surface area contributed by atoms with Gasteiger partial charge in [-0.15, -0.1) is 0 Å². The summed E-state index contributed by atoms with van der Waals surface area (Å²) < 4.78 is 5.93. The largest absolute Gasteiger partial charge is 0.490 e. The summed E-state index contributed by atoms with van der Waals surface area (Å²) in [4.78, 5) is 30.6. The van der Waals surface area contributed by atoms with Crippen LogP contribution in [-0.2, 0) is 0 Å². The van der Waals surface area contributed by atoms with Crippen molar-refractivity contribution in [2.45, 2.75) is 13.0 Å². The standard InChI is InChI=1S/C19H17BrN4O4/c1-11(18-21-10-15(23-18)12-3-6-14(20)7-4-12)22-19(25)13-5-8-17(28-2)16(9-13)24(26)27/h3-11H,1-2H3,(H,21,23)(H,22,25)/t11-/m1/s1. The fraction of sp³-hybridized carbons (Fsp3) is 0.158. The number of nitrogens with one attached hydrogen (secondary N) is 2. The number of aromatic nitrogens is 2. The molecule has 1 amide bonds. The number of aromatic amines is 1. The van der Waals surface area contributed by atoms with E-state index in [-0.39, 0.29) is 17.0 Å². The lowest BCUT2D eigenvalue weighted by Gasteiger charge is -2.12. The van der Waals surface area contributed by atoms with Gasteiger partial charge in [0.2, 0.25) is 0 Å². The molecule has 3 aromatic rings. The summed E-state index contributed by atoms with van der Waals surface area (Å²) >= 11 is 3.40. The molecule has 0 aliphatic carbocycles. The Hall–Kier alpha value is -3.20. The maximum absolute atomic E-state index is 12.5. The van der Waals surface area contributed by atoms with Gasteiger partial charge in [0.15, 0.2) is 5.75 Å². The second-order valence-electron chi connectivity index (χ2n) is 6.03.